The van der Waals surface area contributed by atoms with Gasteiger partial charge in [0.2, 0.25) is 0 Å². The lowest BCUT2D eigenvalue weighted by Crippen LogP contribution is -2.38. The number of aromatic nitrogens is 2. The van der Waals surface area contributed by atoms with E-state index in [4.69, 9.17) is 9.47 Å². The monoisotopic (exact) mass is 296 g/mol. The molecule has 6 nitrogen and oxygen atoms in total. The second-order valence-corrected chi connectivity index (χ2v) is 4.87. The molecule has 1 aromatic heterocycles. The minimum absolute atomic E-state index is 0.406. The fourth-order valence-corrected chi connectivity index (χ4v) is 2.36. The van der Waals surface area contributed by atoms with Gasteiger partial charge in [-0.15, -0.1) is 0 Å². The fourth-order valence-electron chi connectivity index (χ4n) is 2.36. The summed E-state index contributed by atoms with van der Waals surface area (Å²) in [7, 11) is 5.23. The van der Waals surface area contributed by atoms with E-state index in [1.807, 2.05) is 13.1 Å². The summed E-state index contributed by atoms with van der Waals surface area (Å²) in [6.07, 6.45) is 2.14. The zero-order valence-electron chi connectivity index (χ0n) is 13.8. The molecule has 0 bridgehead atoms. The highest BCUT2D eigenvalue weighted by Gasteiger charge is 2.18. The molecule has 0 fully saturated rings. The van der Waals surface area contributed by atoms with Crippen molar-refractivity contribution in [2.75, 3.05) is 44.6 Å². The molecule has 1 aromatic rings. The lowest BCUT2D eigenvalue weighted by atomic mass is 10.1. The van der Waals surface area contributed by atoms with Gasteiger partial charge in [0.1, 0.15) is 18.2 Å². The van der Waals surface area contributed by atoms with E-state index in [1.165, 1.54) is 0 Å². The molecule has 0 saturated heterocycles. The highest BCUT2D eigenvalue weighted by molar-refractivity contribution is 5.50. The van der Waals surface area contributed by atoms with Crippen LogP contribution in [-0.2, 0) is 16.1 Å². The third-order valence-corrected chi connectivity index (χ3v) is 3.50. The van der Waals surface area contributed by atoms with Gasteiger partial charge in [0.05, 0.1) is 6.61 Å². The molecule has 120 valence electrons. The Hall–Kier alpha value is -1.40. The average Bonchev–Trinajstić information content (AvgIpc) is 2.51. The zero-order valence-corrected chi connectivity index (χ0v) is 13.8. The quantitative estimate of drug-likeness (QED) is 0.715. The first kappa shape index (κ1) is 17.7. The predicted molar refractivity (Wildman–Crippen MR) is 85.9 cm³/mol. The summed E-state index contributed by atoms with van der Waals surface area (Å²) in [5.74, 6) is 2.42. The molecule has 1 N–H and O–H groups in total. The van der Waals surface area contributed by atoms with Gasteiger partial charge >= 0.3 is 0 Å². The van der Waals surface area contributed by atoms with Crippen LogP contribution in [0.1, 0.15) is 32.5 Å². The summed E-state index contributed by atoms with van der Waals surface area (Å²) in [6, 6.07) is 2.42. The van der Waals surface area contributed by atoms with Crippen LogP contribution in [0.2, 0.25) is 0 Å². The third kappa shape index (κ3) is 5.13. The maximum absolute atomic E-state index is 5.24. The lowest BCUT2D eigenvalue weighted by molar-refractivity contribution is 0.177. The van der Waals surface area contributed by atoms with Crippen molar-refractivity contribution >= 4 is 11.6 Å². The van der Waals surface area contributed by atoms with Gasteiger partial charge in [-0.25, -0.2) is 9.97 Å². The SMILES string of the molecule is CCC(CC)N(CCOC)c1cc(NC)nc(COC)n1. The maximum atomic E-state index is 5.24. The van der Waals surface area contributed by atoms with Crippen molar-refractivity contribution < 1.29 is 9.47 Å². The predicted octanol–water partition coefficient (Wildman–Crippen LogP) is 2.31. The van der Waals surface area contributed by atoms with Crippen molar-refractivity contribution in [2.24, 2.45) is 0 Å². The summed E-state index contributed by atoms with van der Waals surface area (Å²) in [4.78, 5) is 11.3. The Morgan fingerprint density at radius 3 is 2.43 bits per heavy atom. The molecule has 0 spiro atoms. The number of anilines is 2. The molecule has 6 heteroatoms. The molecule has 1 rings (SSSR count). The topological polar surface area (TPSA) is 59.5 Å². The van der Waals surface area contributed by atoms with Crippen LogP contribution in [0.25, 0.3) is 0 Å². The Morgan fingerprint density at radius 2 is 1.90 bits per heavy atom. The maximum Gasteiger partial charge on any atom is 0.158 e. The standard InChI is InChI=1S/C15H28N4O2/c1-6-12(7-2)19(8-9-20-4)15-10-13(16-3)17-14(18-15)11-21-5/h10,12H,6-9,11H2,1-5H3,(H,16,17,18). The van der Waals surface area contributed by atoms with E-state index in [-0.39, 0.29) is 0 Å². The molecule has 0 aliphatic rings. The molecule has 0 aliphatic carbocycles. The van der Waals surface area contributed by atoms with Crippen molar-refractivity contribution in [1.82, 2.24) is 9.97 Å². The molecule has 0 amide bonds. The fraction of sp³-hybridized carbons (Fsp3) is 0.733. The Balaban J connectivity index is 3.11. The number of ether oxygens (including phenoxy) is 2. The molecule has 0 atom stereocenters. The van der Waals surface area contributed by atoms with Crippen molar-refractivity contribution in [3.63, 3.8) is 0 Å². The third-order valence-electron chi connectivity index (χ3n) is 3.50. The molecular weight excluding hydrogens is 268 g/mol. The van der Waals surface area contributed by atoms with Crippen LogP contribution in [0.3, 0.4) is 0 Å². The second-order valence-electron chi connectivity index (χ2n) is 4.87. The Bertz CT molecular complexity index is 411. The van der Waals surface area contributed by atoms with Gasteiger partial charge in [-0.2, -0.15) is 0 Å². The molecule has 21 heavy (non-hydrogen) atoms. The highest BCUT2D eigenvalue weighted by Crippen LogP contribution is 2.21. The molecule has 0 saturated carbocycles. The van der Waals surface area contributed by atoms with E-state index in [1.54, 1.807) is 14.2 Å². The smallest absolute Gasteiger partial charge is 0.158 e. The van der Waals surface area contributed by atoms with E-state index in [9.17, 15) is 0 Å². The van der Waals surface area contributed by atoms with Gasteiger partial charge < -0.3 is 19.7 Å². The van der Waals surface area contributed by atoms with Crippen LogP contribution >= 0.6 is 0 Å². The molecule has 1 heterocycles. The van der Waals surface area contributed by atoms with E-state index >= 15 is 0 Å². The van der Waals surface area contributed by atoms with Gasteiger partial charge in [0, 0.05) is 39.9 Å². The summed E-state index contributed by atoms with van der Waals surface area (Å²) >= 11 is 0. The number of nitrogens with one attached hydrogen (secondary N) is 1. The normalized spacial score (nSPS) is 11.0. The Kier molecular flexibility index (Phi) is 8.00. The average molecular weight is 296 g/mol. The number of rotatable bonds is 10. The van der Waals surface area contributed by atoms with Crippen LogP contribution in [0.4, 0.5) is 11.6 Å². The lowest BCUT2D eigenvalue weighted by Gasteiger charge is -2.31. The van der Waals surface area contributed by atoms with Crippen LogP contribution in [0.15, 0.2) is 6.07 Å². The van der Waals surface area contributed by atoms with E-state index in [2.05, 4.69) is 34.0 Å². The van der Waals surface area contributed by atoms with Crippen LogP contribution in [0, 0.1) is 0 Å². The van der Waals surface area contributed by atoms with Crippen molar-refractivity contribution in [1.29, 1.82) is 0 Å². The van der Waals surface area contributed by atoms with Crippen LogP contribution < -0.4 is 10.2 Å². The summed E-state index contributed by atoms with van der Waals surface area (Å²) in [5, 5.41) is 3.09. The van der Waals surface area contributed by atoms with E-state index in [0.29, 0.717) is 25.1 Å². The van der Waals surface area contributed by atoms with Crippen molar-refractivity contribution in [3.05, 3.63) is 11.9 Å². The zero-order chi connectivity index (χ0) is 15.7. The van der Waals surface area contributed by atoms with Gasteiger partial charge in [0.15, 0.2) is 5.82 Å². The van der Waals surface area contributed by atoms with Crippen LogP contribution in [-0.4, -0.2) is 50.4 Å². The van der Waals surface area contributed by atoms with E-state index < -0.39 is 0 Å². The molecule has 0 aromatic carbocycles. The number of methoxy groups -OCH3 is 2. The number of nitrogens with zero attached hydrogens (tertiary/aromatic N) is 3. The second kappa shape index (κ2) is 9.52. The van der Waals surface area contributed by atoms with Gasteiger partial charge in [0.25, 0.3) is 0 Å². The van der Waals surface area contributed by atoms with Gasteiger partial charge in [-0.3, -0.25) is 0 Å². The summed E-state index contributed by atoms with van der Waals surface area (Å²) < 4.78 is 10.4. The Morgan fingerprint density at radius 1 is 1.19 bits per heavy atom. The number of hydrogen-bond acceptors (Lipinski definition) is 6. The minimum atomic E-state index is 0.406. The first-order valence-corrected chi connectivity index (χ1v) is 7.50. The summed E-state index contributed by atoms with van der Waals surface area (Å²) in [5.41, 5.74) is 0. The van der Waals surface area contributed by atoms with Gasteiger partial charge in [-0.05, 0) is 12.8 Å². The molecule has 0 unspecified atom stereocenters. The Labute approximate surface area is 127 Å². The molecule has 0 aliphatic heterocycles. The molecular formula is C15H28N4O2. The minimum Gasteiger partial charge on any atom is -0.383 e. The van der Waals surface area contributed by atoms with Crippen LogP contribution in [0.5, 0.6) is 0 Å². The van der Waals surface area contributed by atoms with E-state index in [0.717, 1.165) is 31.0 Å². The first-order valence-electron chi connectivity index (χ1n) is 7.50. The largest absolute Gasteiger partial charge is 0.383 e. The van der Waals surface area contributed by atoms with Crippen molar-refractivity contribution in [2.45, 2.75) is 39.3 Å². The summed E-state index contributed by atoms with van der Waals surface area (Å²) in [6.45, 7) is 6.29. The highest BCUT2D eigenvalue weighted by atomic mass is 16.5. The van der Waals surface area contributed by atoms with Gasteiger partial charge in [-0.1, -0.05) is 13.8 Å². The first-order chi connectivity index (χ1) is 10.2. The van der Waals surface area contributed by atoms with Crippen molar-refractivity contribution in [3.8, 4) is 0 Å². The number of hydrogen-bond donors (Lipinski definition) is 1. The molecule has 0 radical (unpaired) electrons.